The first kappa shape index (κ1) is 23.0. The molecule has 0 aliphatic carbocycles. The van der Waals surface area contributed by atoms with Crippen LogP contribution in [-0.2, 0) is 21.4 Å². The lowest BCUT2D eigenvalue weighted by Crippen LogP contribution is -2.50. The fraction of sp³-hybridized carbons (Fsp3) is 0.455. The summed E-state index contributed by atoms with van der Waals surface area (Å²) in [5.74, 6) is 0.434. The molecule has 3 rings (SSSR count). The highest BCUT2D eigenvalue weighted by Crippen LogP contribution is 2.14. The van der Waals surface area contributed by atoms with E-state index in [9.17, 15) is 18.0 Å². The number of aromatic nitrogens is 1. The van der Waals surface area contributed by atoms with Crippen molar-refractivity contribution in [1.29, 1.82) is 0 Å². The largest absolute Gasteiger partial charge is 0.339 e. The van der Waals surface area contributed by atoms with E-state index in [1.165, 1.54) is 22.8 Å². The number of rotatable bonds is 7. The number of anilines is 1. The normalized spacial score (nSPS) is 15.3. The SMILES string of the molecule is Cc1ccc(NS(=O)(=O)c2ccccc2)c(=O)n1CC(=O)N1CCN(CC(C)C)CC1. The second-order valence-electron chi connectivity index (χ2n) is 8.27. The smallest absolute Gasteiger partial charge is 0.275 e. The van der Waals surface area contributed by atoms with E-state index >= 15 is 0 Å². The number of hydrogen-bond donors (Lipinski definition) is 1. The Bertz CT molecular complexity index is 1070. The van der Waals surface area contributed by atoms with Crippen LogP contribution in [0, 0.1) is 12.8 Å². The second-order valence-corrected chi connectivity index (χ2v) is 9.96. The Labute approximate surface area is 183 Å². The number of carbonyl (C=O) groups is 1. The van der Waals surface area contributed by atoms with Gasteiger partial charge >= 0.3 is 0 Å². The summed E-state index contributed by atoms with van der Waals surface area (Å²) < 4.78 is 28.9. The second kappa shape index (κ2) is 9.65. The fourth-order valence-corrected chi connectivity index (χ4v) is 4.76. The van der Waals surface area contributed by atoms with E-state index < -0.39 is 15.6 Å². The number of benzene rings is 1. The van der Waals surface area contributed by atoms with Crippen LogP contribution in [-0.4, -0.2) is 61.4 Å². The van der Waals surface area contributed by atoms with Crippen LogP contribution in [0.5, 0.6) is 0 Å². The van der Waals surface area contributed by atoms with Gasteiger partial charge in [-0.15, -0.1) is 0 Å². The maximum atomic E-state index is 12.9. The standard InChI is InChI=1S/C22H30N4O4S/c1-17(2)15-24-11-13-25(14-12-24)21(27)16-26-18(3)9-10-20(22(26)28)23-31(29,30)19-7-5-4-6-8-19/h4-10,17,23H,11-16H2,1-3H3. The Morgan fingerprint density at radius 3 is 2.29 bits per heavy atom. The van der Waals surface area contributed by atoms with E-state index in [0.29, 0.717) is 24.7 Å². The minimum Gasteiger partial charge on any atom is -0.339 e. The molecule has 0 saturated carbocycles. The van der Waals surface area contributed by atoms with Crippen molar-refractivity contribution in [3.05, 3.63) is 58.5 Å². The maximum absolute atomic E-state index is 12.9. The molecule has 0 radical (unpaired) electrons. The van der Waals surface area contributed by atoms with Crippen molar-refractivity contribution >= 4 is 21.6 Å². The molecule has 168 valence electrons. The summed E-state index contributed by atoms with van der Waals surface area (Å²) in [6.07, 6.45) is 0. The van der Waals surface area contributed by atoms with Crippen molar-refractivity contribution in [1.82, 2.24) is 14.4 Å². The van der Waals surface area contributed by atoms with Crippen molar-refractivity contribution in [2.75, 3.05) is 37.4 Å². The van der Waals surface area contributed by atoms with Crippen LogP contribution in [0.15, 0.2) is 52.2 Å². The van der Waals surface area contributed by atoms with Gasteiger partial charge in [-0.25, -0.2) is 8.42 Å². The van der Waals surface area contributed by atoms with Gasteiger partial charge in [-0.05, 0) is 37.1 Å². The molecule has 1 aliphatic rings. The number of pyridine rings is 1. The fourth-order valence-electron chi connectivity index (χ4n) is 3.68. The van der Waals surface area contributed by atoms with Gasteiger partial charge in [0, 0.05) is 38.4 Å². The van der Waals surface area contributed by atoms with Gasteiger partial charge in [0.2, 0.25) is 5.91 Å². The van der Waals surface area contributed by atoms with Gasteiger partial charge in [0.1, 0.15) is 12.2 Å². The summed E-state index contributed by atoms with van der Waals surface area (Å²) in [5.41, 5.74) is -0.0187. The molecule has 1 aromatic heterocycles. The average molecular weight is 447 g/mol. The number of nitrogens with zero attached hydrogens (tertiary/aromatic N) is 3. The van der Waals surface area contributed by atoms with Gasteiger partial charge < -0.3 is 9.47 Å². The molecule has 1 aromatic carbocycles. The highest BCUT2D eigenvalue weighted by Gasteiger charge is 2.23. The average Bonchev–Trinajstić information content (AvgIpc) is 2.74. The zero-order chi connectivity index (χ0) is 22.6. The summed E-state index contributed by atoms with van der Waals surface area (Å²) in [4.78, 5) is 29.9. The van der Waals surface area contributed by atoms with Crippen molar-refractivity contribution in [2.24, 2.45) is 5.92 Å². The summed E-state index contributed by atoms with van der Waals surface area (Å²) >= 11 is 0. The van der Waals surface area contributed by atoms with Crippen LogP contribution in [0.4, 0.5) is 5.69 Å². The molecule has 1 N–H and O–H groups in total. The number of aryl methyl sites for hydroxylation is 1. The van der Waals surface area contributed by atoms with Gasteiger partial charge in [-0.1, -0.05) is 32.0 Å². The Hall–Kier alpha value is -2.65. The Kier molecular flexibility index (Phi) is 7.17. The molecule has 1 amide bonds. The molecule has 0 atom stereocenters. The molecule has 0 unspecified atom stereocenters. The number of amides is 1. The van der Waals surface area contributed by atoms with Crippen LogP contribution < -0.4 is 10.3 Å². The van der Waals surface area contributed by atoms with E-state index in [4.69, 9.17) is 0 Å². The van der Waals surface area contributed by atoms with Gasteiger partial charge in [0.05, 0.1) is 4.90 Å². The third-order valence-corrected chi connectivity index (χ3v) is 6.71. The van der Waals surface area contributed by atoms with Gasteiger partial charge in [-0.3, -0.25) is 19.2 Å². The molecular weight excluding hydrogens is 416 g/mol. The Morgan fingerprint density at radius 2 is 1.68 bits per heavy atom. The van der Waals surface area contributed by atoms with Gasteiger partial charge in [-0.2, -0.15) is 0 Å². The third-order valence-electron chi connectivity index (χ3n) is 5.33. The molecule has 9 heteroatoms. The van der Waals surface area contributed by atoms with Crippen molar-refractivity contribution < 1.29 is 13.2 Å². The molecule has 0 spiro atoms. The molecule has 2 heterocycles. The lowest BCUT2D eigenvalue weighted by atomic mass is 10.2. The van der Waals surface area contributed by atoms with Crippen molar-refractivity contribution in [2.45, 2.75) is 32.2 Å². The Balaban J connectivity index is 1.73. The maximum Gasteiger partial charge on any atom is 0.275 e. The number of hydrogen-bond acceptors (Lipinski definition) is 5. The Morgan fingerprint density at radius 1 is 1.03 bits per heavy atom. The molecular formula is C22H30N4O4S. The molecule has 8 nitrogen and oxygen atoms in total. The molecule has 2 aromatic rings. The lowest BCUT2D eigenvalue weighted by molar-refractivity contribution is -0.133. The van der Waals surface area contributed by atoms with Crippen LogP contribution >= 0.6 is 0 Å². The van der Waals surface area contributed by atoms with Gasteiger partial charge in [0.15, 0.2) is 0 Å². The summed E-state index contributed by atoms with van der Waals surface area (Å²) in [6, 6.07) is 10.9. The minimum atomic E-state index is -3.89. The zero-order valence-corrected chi connectivity index (χ0v) is 19.1. The first-order valence-electron chi connectivity index (χ1n) is 10.5. The first-order chi connectivity index (χ1) is 14.7. The lowest BCUT2D eigenvalue weighted by Gasteiger charge is -2.35. The third kappa shape index (κ3) is 5.74. The van der Waals surface area contributed by atoms with E-state index in [1.807, 2.05) is 0 Å². The highest BCUT2D eigenvalue weighted by atomic mass is 32.2. The summed E-state index contributed by atoms with van der Waals surface area (Å²) in [6.45, 7) is 9.84. The first-order valence-corrected chi connectivity index (χ1v) is 11.9. The minimum absolute atomic E-state index is 0.0665. The predicted octanol–water partition coefficient (Wildman–Crippen LogP) is 1.76. The van der Waals surface area contributed by atoms with Crippen LogP contribution in [0.3, 0.4) is 0 Å². The zero-order valence-electron chi connectivity index (χ0n) is 18.2. The van der Waals surface area contributed by atoms with Gasteiger partial charge in [0.25, 0.3) is 15.6 Å². The predicted molar refractivity (Wildman–Crippen MR) is 121 cm³/mol. The molecule has 0 bridgehead atoms. The molecule has 31 heavy (non-hydrogen) atoms. The molecule has 1 fully saturated rings. The van der Waals surface area contributed by atoms with Crippen molar-refractivity contribution in [3.63, 3.8) is 0 Å². The quantitative estimate of drug-likeness (QED) is 0.700. The number of piperazine rings is 1. The number of nitrogens with one attached hydrogen (secondary N) is 1. The van der Waals surface area contributed by atoms with E-state index in [-0.39, 0.29) is 23.0 Å². The van der Waals surface area contributed by atoms with E-state index in [0.717, 1.165) is 19.6 Å². The number of carbonyl (C=O) groups excluding carboxylic acids is 1. The van der Waals surface area contributed by atoms with Crippen LogP contribution in [0.2, 0.25) is 0 Å². The van der Waals surface area contributed by atoms with E-state index in [1.54, 1.807) is 36.1 Å². The monoisotopic (exact) mass is 446 g/mol. The van der Waals surface area contributed by atoms with Crippen LogP contribution in [0.25, 0.3) is 0 Å². The summed E-state index contributed by atoms with van der Waals surface area (Å²) in [5, 5.41) is 0. The molecule has 1 saturated heterocycles. The number of sulfonamides is 1. The summed E-state index contributed by atoms with van der Waals surface area (Å²) in [7, 11) is -3.89. The highest BCUT2D eigenvalue weighted by molar-refractivity contribution is 7.92. The van der Waals surface area contributed by atoms with E-state index in [2.05, 4.69) is 23.5 Å². The van der Waals surface area contributed by atoms with Crippen molar-refractivity contribution in [3.8, 4) is 0 Å². The topological polar surface area (TPSA) is 91.7 Å². The molecule has 1 aliphatic heterocycles. The van der Waals surface area contributed by atoms with Crippen LogP contribution in [0.1, 0.15) is 19.5 Å².